The van der Waals surface area contributed by atoms with E-state index in [1.165, 1.54) is 29.2 Å². The van der Waals surface area contributed by atoms with Gasteiger partial charge in [-0.1, -0.05) is 42.1 Å². The predicted octanol–water partition coefficient (Wildman–Crippen LogP) is 6.35. The molecular formula is C19H15F6N3OS2. The zero-order valence-corrected chi connectivity index (χ0v) is 17.3. The molecule has 12 heteroatoms. The van der Waals surface area contributed by atoms with Crippen LogP contribution in [-0.2, 0) is 6.54 Å². The molecule has 2 amide bonds. The number of carbonyl (C=O) groups is 1. The van der Waals surface area contributed by atoms with Gasteiger partial charge in [-0.25, -0.2) is 4.79 Å². The second-order valence-electron chi connectivity index (χ2n) is 6.31. The van der Waals surface area contributed by atoms with Crippen LogP contribution in [0.4, 0.5) is 36.8 Å². The third-order valence-corrected chi connectivity index (χ3v) is 5.71. The van der Waals surface area contributed by atoms with E-state index in [4.69, 9.17) is 0 Å². The first kappa shape index (κ1) is 23.3. The number of thioether (sulfide) groups is 2. The van der Waals surface area contributed by atoms with E-state index >= 15 is 0 Å². The normalized spacial score (nSPS) is 16.8. The van der Waals surface area contributed by atoms with Crippen LogP contribution in [0.3, 0.4) is 0 Å². The van der Waals surface area contributed by atoms with Crippen molar-refractivity contribution in [2.24, 2.45) is 4.99 Å². The summed E-state index contributed by atoms with van der Waals surface area (Å²) in [6, 6.07) is 13.3. The molecule has 0 saturated carbocycles. The zero-order chi connectivity index (χ0) is 22.6. The molecular weight excluding hydrogens is 464 g/mol. The number of para-hydroxylation sites is 1. The Balaban J connectivity index is 1.84. The Morgan fingerprint density at radius 1 is 0.968 bits per heavy atom. The van der Waals surface area contributed by atoms with Crippen LogP contribution in [0.1, 0.15) is 5.56 Å². The smallest absolute Gasteiger partial charge is 0.284 e. The maximum Gasteiger partial charge on any atom is 0.446 e. The van der Waals surface area contributed by atoms with Gasteiger partial charge in [0.25, 0.3) is 0 Å². The van der Waals surface area contributed by atoms with Crippen LogP contribution < -0.4 is 4.90 Å². The highest BCUT2D eigenvalue weighted by molar-refractivity contribution is 8.14. The number of urea groups is 1. The Hall–Kier alpha value is -2.34. The summed E-state index contributed by atoms with van der Waals surface area (Å²) >= 11 is 0.701. The molecule has 3 rings (SSSR count). The minimum Gasteiger partial charge on any atom is -0.284 e. The summed E-state index contributed by atoms with van der Waals surface area (Å²) < 4.78 is 75.5. The van der Waals surface area contributed by atoms with E-state index in [0.717, 1.165) is 16.7 Å². The third-order valence-electron chi connectivity index (χ3n) is 3.97. The maximum absolute atomic E-state index is 13.0. The Bertz CT molecular complexity index is 932. The number of halogens is 6. The lowest BCUT2D eigenvalue weighted by Gasteiger charge is -2.36. The summed E-state index contributed by atoms with van der Waals surface area (Å²) in [5, 5.41) is -0.0942. The highest BCUT2D eigenvalue weighted by Gasteiger charge is 2.34. The largest absolute Gasteiger partial charge is 0.446 e. The summed E-state index contributed by atoms with van der Waals surface area (Å²) in [4.78, 5) is 19.1. The maximum atomic E-state index is 13.0. The number of amides is 2. The molecule has 2 aromatic rings. The van der Waals surface area contributed by atoms with Gasteiger partial charge >= 0.3 is 17.7 Å². The molecule has 0 N–H and O–H groups in total. The number of hydrogen-bond acceptors (Lipinski definition) is 4. The second-order valence-corrected chi connectivity index (χ2v) is 8.36. The van der Waals surface area contributed by atoms with E-state index < -0.39 is 24.3 Å². The number of benzene rings is 2. The van der Waals surface area contributed by atoms with E-state index in [-0.39, 0.29) is 34.2 Å². The lowest BCUT2D eigenvalue weighted by atomic mass is 10.2. The fourth-order valence-electron chi connectivity index (χ4n) is 2.68. The molecule has 1 aliphatic rings. The zero-order valence-electron chi connectivity index (χ0n) is 15.7. The number of rotatable bonds is 5. The highest BCUT2D eigenvalue weighted by Crippen LogP contribution is 2.37. The van der Waals surface area contributed by atoms with Gasteiger partial charge in [-0.15, -0.1) is 0 Å². The number of amidine groups is 1. The Morgan fingerprint density at radius 2 is 1.61 bits per heavy atom. The third kappa shape index (κ3) is 6.82. The van der Waals surface area contributed by atoms with Crippen LogP contribution in [0, 0.1) is 0 Å². The van der Waals surface area contributed by atoms with Crippen molar-refractivity contribution < 1.29 is 31.1 Å². The highest BCUT2D eigenvalue weighted by atomic mass is 32.2. The fourth-order valence-corrected chi connectivity index (χ4v) is 4.18. The van der Waals surface area contributed by atoms with Gasteiger partial charge in [-0.2, -0.15) is 26.3 Å². The van der Waals surface area contributed by atoms with Crippen LogP contribution in [0.5, 0.6) is 0 Å². The first-order chi connectivity index (χ1) is 14.5. The number of aliphatic imine (C=N–C) groups is 1. The molecule has 0 spiro atoms. The average Bonchev–Trinajstić information content (AvgIpc) is 2.69. The summed E-state index contributed by atoms with van der Waals surface area (Å²) in [6.07, 6.45) is -4.53. The van der Waals surface area contributed by atoms with E-state index in [0.29, 0.717) is 11.3 Å². The van der Waals surface area contributed by atoms with Crippen LogP contribution >= 0.6 is 23.5 Å². The van der Waals surface area contributed by atoms with Crippen molar-refractivity contribution in [1.82, 2.24) is 4.90 Å². The second kappa shape index (κ2) is 9.43. The molecule has 0 radical (unpaired) electrons. The first-order valence-electron chi connectivity index (χ1n) is 8.74. The lowest BCUT2D eigenvalue weighted by molar-refractivity contribution is -0.118. The summed E-state index contributed by atoms with van der Waals surface area (Å²) in [6.45, 7) is -1.57. The van der Waals surface area contributed by atoms with Gasteiger partial charge in [-0.05, 0) is 41.6 Å². The molecule has 1 heterocycles. The number of carbonyl (C=O) groups excluding carboxylic acids is 1. The topological polar surface area (TPSA) is 35.9 Å². The van der Waals surface area contributed by atoms with Crippen LogP contribution in [0.2, 0.25) is 0 Å². The molecule has 166 valence electrons. The van der Waals surface area contributed by atoms with Crippen molar-refractivity contribution in [3.8, 4) is 0 Å². The van der Waals surface area contributed by atoms with Crippen LogP contribution in [0.15, 0.2) is 64.5 Å². The van der Waals surface area contributed by atoms with E-state index in [1.807, 2.05) is 0 Å². The Morgan fingerprint density at radius 3 is 2.19 bits per heavy atom. The Labute approximate surface area is 182 Å². The summed E-state index contributed by atoms with van der Waals surface area (Å²) in [7, 11) is 0. The van der Waals surface area contributed by atoms with Crippen molar-refractivity contribution in [1.29, 1.82) is 0 Å². The molecule has 0 aromatic heterocycles. The standard InChI is InChI=1S/C19H15F6N3OS2/c20-18(21,22)11-26-16-27(10-13-6-8-15(9-7-13)31-19(23,24)25)17(29)28(12-30-16)14-4-2-1-3-5-14/h1-9H,10-12H2. The van der Waals surface area contributed by atoms with E-state index in [9.17, 15) is 31.1 Å². The Kier molecular flexibility index (Phi) is 7.10. The fraction of sp³-hybridized carbons (Fsp3) is 0.263. The minimum absolute atomic E-state index is 0.0348. The molecule has 0 bridgehead atoms. The average molecular weight is 479 g/mol. The van der Waals surface area contributed by atoms with E-state index in [1.54, 1.807) is 30.3 Å². The van der Waals surface area contributed by atoms with E-state index in [2.05, 4.69) is 4.99 Å². The molecule has 0 aliphatic carbocycles. The van der Waals surface area contributed by atoms with Crippen LogP contribution in [0.25, 0.3) is 0 Å². The SMILES string of the molecule is O=C1N(Cc2ccc(SC(F)(F)F)cc2)C(=NCC(F)(F)F)SCN1c1ccccc1. The number of anilines is 1. The molecule has 1 aliphatic heterocycles. The first-order valence-corrected chi connectivity index (χ1v) is 10.5. The summed E-state index contributed by atoms with van der Waals surface area (Å²) in [5.41, 5.74) is -3.42. The number of hydrogen-bond donors (Lipinski definition) is 0. The van der Waals surface area contributed by atoms with Crippen molar-refractivity contribution in [2.45, 2.75) is 23.1 Å². The van der Waals surface area contributed by atoms with Gasteiger partial charge in [-0.3, -0.25) is 14.8 Å². The van der Waals surface area contributed by atoms with Gasteiger partial charge in [0.15, 0.2) is 5.17 Å². The molecule has 4 nitrogen and oxygen atoms in total. The minimum atomic E-state index is -4.53. The van der Waals surface area contributed by atoms with Gasteiger partial charge in [0.2, 0.25) is 0 Å². The summed E-state index contributed by atoms with van der Waals surface area (Å²) in [5.74, 6) is 0.0806. The molecule has 1 fully saturated rings. The predicted molar refractivity (Wildman–Crippen MR) is 109 cm³/mol. The number of alkyl halides is 6. The van der Waals surface area contributed by atoms with Crippen LogP contribution in [-0.4, -0.2) is 40.2 Å². The lowest BCUT2D eigenvalue weighted by Crippen LogP contribution is -2.50. The molecule has 31 heavy (non-hydrogen) atoms. The van der Waals surface area contributed by atoms with Gasteiger partial charge in [0, 0.05) is 10.6 Å². The van der Waals surface area contributed by atoms with Crippen molar-refractivity contribution in [2.75, 3.05) is 17.3 Å². The quantitative estimate of drug-likeness (QED) is 0.370. The van der Waals surface area contributed by atoms with Crippen molar-refractivity contribution >= 4 is 40.4 Å². The van der Waals surface area contributed by atoms with Gasteiger partial charge in [0.05, 0.1) is 12.4 Å². The van der Waals surface area contributed by atoms with Gasteiger partial charge in [0.1, 0.15) is 6.54 Å². The van der Waals surface area contributed by atoms with Gasteiger partial charge < -0.3 is 0 Å². The van der Waals surface area contributed by atoms with Crippen molar-refractivity contribution in [3.63, 3.8) is 0 Å². The molecule has 1 saturated heterocycles. The number of nitrogens with zero attached hydrogens (tertiary/aromatic N) is 3. The monoisotopic (exact) mass is 479 g/mol. The molecule has 0 unspecified atom stereocenters. The van der Waals surface area contributed by atoms with Crippen molar-refractivity contribution in [3.05, 3.63) is 60.2 Å². The molecule has 2 aromatic carbocycles. The molecule has 0 atom stereocenters.